The van der Waals surface area contributed by atoms with Gasteiger partial charge in [-0.3, -0.25) is 4.79 Å². The Balaban J connectivity index is 2.16. The van der Waals surface area contributed by atoms with Crippen molar-refractivity contribution < 1.29 is 21.6 Å². The number of hydrogen-bond donors (Lipinski definition) is 1. The predicted molar refractivity (Wildman–Crippen MR) is 95.7 cm³/mol. The van der Waals surface area contributed by atoms with E-state index in [1.54, 1.807) is 0 Å². The second kappa shape index (κ2) is 7.43. The molecule has 9 heteroatoms. The van der Waals surface area contributed by atoms with Crippen LogP contribution in [0, 0.1) is 0 Å². The number of carbonyl (C=O) groups is 1. The van der Waals surface area contributed by atoms with Crippen LogP contribution < -0.4 is 5.32 Å². The van der Waals surface area contributed by atoms with E-state index in [4.69, 9.17) is 0 Å². The smallest absolute Gasteiger partial charge is 0.251 e. The molecule has 1 aromatic rings. The van der Waals surface area contributed by atoms with Gasteiger partial charge in [0.25, 0.3) is 5.91 Å². The van der Waals surface area contributed by atoms with Gasteiger partial charge in [0.2, 0.25) is 10.0 Å². The molecule has 0 aromatic heterocycles. The SMILES string of the molecule is CCC(C)NC(=O)c1ccc(S(=O)(=O)N(C)C2CCS(=O)(=O)C2)cc1. The minimum atomic E-state index is -3.81. The molecule has 1 saturated heterocycles. The third-order valence-corrected chi connectivity index (χ3v) is 8.18. The van der Waals surface area contributed by atoms with Gasteiger partial charge in [0.15, 0.2) is 9.84 Å². The Bertz CT molecular complexity index is 832. The summed E-state index contributed by atoms with van der Waals surface area (Å²) in [4.78, 5) is 12.1. The maximum atomic E-state index is 12.7. The van der Waals surface area contributed by atoms with E-state index in [0.29, 0.717) is 12.0 Å². The maximum absolute atomic E-state index is 12.7. The third kappa shape index (κ3) is 4.59. The van der Waals surface area contributed by atoms with E-state index >= 15 is 0 Å². The molecule has 2 rings (SSSR count). The summed E-state index contributed by atoms with van der Waals surface area (Å²) >= 11 is 0. The lowest BCUT2D eigenvalue weighted by Crippen LogP contribution is -2.37. The van der Waals surface area contributed by atoms with Gasteiger partial charge in [-0.15, -0.1) is 0 Å². The van der Waals surface area contributed by atoms with Crippen molar-refractivity contribution in [1.82, 2.24) is 9.62 Å². The zero-order valence-electron chi connectivity index (χ0n) is 14.6. The Morgan fingerprint density at radius 1 is 1.32 bits per heavy atom. The van der Waals surface area contributed by atoms with E-state index in [0.717, 1.165) is 10.7 Å². The van der Waals surface area contributed by atoms with Crippen molar-refractivity contribution in [3.8, 4) is 0 Å². The molecule has 0 aliphatic carbocycles. The summed E-state index contributed by atoms with van der Waals surface area (Å²) < 4.78 is 49.6. The zero-order valence-corrected chi connectivity index (χ0v) is 16.2. The minimum absolute atomic E-state index is 0.00620. The van der Waals surface area contributed by atoms with Gasteiger partial charge in [0.05, 0.1) is 16.4 Å². The molecular formula is C16H24N2O5S2. The summed E-state index contributed by atoms with van der Waals surface area (Å²) in [6.07, 6.45) is 1.10. The number of nitrogens with zero attached hydrogens (tertiary/aromatic N) is 1. The summed E-state index contributed by atoms with van der Waals surface area (Å²) in [6, 6.07) is 5.16. The molecule has 1 fully saturated rings. The molecule has 0 bridgehead atoms. The molecule has 1 heterocycles. The molecule has 2 unspecified atom stereocenters. The summed E-state index contributed by atoms with van der Waals surface area (Å²) in [5, 5.41) is 2.82. The average molecular weight is 389 g/mol. The zero-order chi connectivity index (χ0) is 18.8. The van der Waals surface area contributed by atoms with Crippen molar-refractivity contribution in [2.45, 2.75) is 43.7 Å². The van der Waals surface area contributed by atoms with Crippen LogP contribution in [-0.4, -0.2) is 57.7 Å². The number of sulfone groups is 1. The van der Waals surface area contributed by atoms with Crippen molar-refractivity contribution in [3.05, 3.63) is 29.8 Å². The first-order valence-electron chi connectivity index (χ1n) is 8.16. The second-order valence-corrected chi connectivity index (χ2v) is 10.6. The molecule has 1 amide bonds. The van der Waals surface area contributed by atoms with Crippen LogP contribution in [-0.2, 0) is 19.9 Å². The first-order valence-corrected chi connectivity index (χ1v) is 11.4. The van der Waals surface area contributed by atoms with E-state index in [1.807, 2.05) is 13.8 Å². The summed E-state index contributed by atoms with van der Waals surface area (Å²) in [7, 11) is -5.59. The Morgan fingerprint density at radius 2 is 1.92 bits per heavy atom. The van der Waals surface area contributed by atoms with Gasteiger partial charge in [-0.1, -0.05) is 6.92 Å². The third-order valence-electron chi connectivity index (χ3n) is 4.51. The number of sulfonamides is 1. The fourth-order valence-electron chi connectivity index (χ4n) is 2.61. The van der Waals surface area contributed by atoms with Crippen LogP contribution in [0.5, 0.6) is 0 Å². The molecule has 0 saturated carbocycles. The van der Waals surface area contributed by atoms with E-state index in [9.17, 15) is 21.6 Å². The second-order valence-electron chi connectivity index (χ2n) is 6.39. The molecule has 7 nitrogen and oxygen atoms in total. The van der Waals surface area contributed by atoms with Crippen molar-refractivity contribution in [1.29, 1.82) is 0 Å². The van der Waals surface area contributed by atoms with E-state index in [-0.39, 0.29) is 28.4 Å². The number of rotatable bonds is 6. The Labute approximate surface area is 149 Å². The van der Waals surface area contributed by atoms with Gasteiger partial charge >= 0.3 is 0 Å². The summed E-state index contributed by atoms with van der Waals surface area (Å²) in [6.45, 7) is 3.85. The molecular weight excluding hydrogens is 364 g/mol. The highest BCUT2D eigenvalue weighted by molar-refractivity contribution is 7.92. The van der Waals surface area contributed by atoms with Gasteiger partial charge in [-0.05, 0) is 44.0 Å². The lowest BCUT2D eigenvalue weighted by Gasteiger charge is -2.22. The van der Waals surface area contributed by atoms with Crippen LogP contribution in [0.4, 0.5) is 0 Å². The monoisotopic (exact) mass is 388 g/mol. The maximum Gasteiger partial charge on any atom is 0.251 e. The van der Waals surface area contributed by atoms with Crippen molar-refractivity contribution in [3.63, 3.8) is 0 Å². The van der Waals surface area contributed by atoms with Crippen molar-refractivity contribution in [2.24, 2.45) is 0 Å². The van der Waals surface area contributed by atoms with Crippen molar-refractivity contribution >= 4 is 25.8 Å². The lowest BCUT2D eigenvalue weighted by molar-refractivity contribution is 0.0939. The number of carbonyl (C=O) groups excluding carboxylic acids is 1. The normalized spacial score (nSPS) is 21.2. The Hall–Kier alpha value is -1.45. The fourth-order valence-corrected chi connectivity index (χ4v) is 5.87. The molecule has 0 radical (unpaired) electrons. The van der Waals surface area contributed by atoms with Gasteiger partial charge in [0, 0.05) is 24.7 Å². The highest BCUT2D eigenvalue weighted by Gasteiger charge is 2.36. The lowest BCUT2D eigenvalue weighted by atomic mass is 10.2. The van der Waals surface area contributed by atoms with E-state index < -0.39 is 25.9 Å². The average Bonchev–Trinajstić information content (AvgIpc) is 2.93. The van der Waals surface area contributed by atoms with Gasteiger partial charge < -0.3 is 5.32 Å². The van der Waals surface area contributed by atoms with Gasteiger partial charge in [-0.25, -0.2) is 16.8 Å². The number of amides is 1. The fraction of sp³-hybridized carbons (Fsp3) is 0.562. The van der Waals surface area contributed by atoms with Gasteiger partial charge in [0.1, 0.15) is 0 Å². The quantitative estimate of drug-likeness (QED) is 0.784. The van der Waals surface area contributed by atoms with Crippen LogP contribution in [0.1, 0.15) is 37.0 Å². The van der Waals surface area contributed by atoms with Crippen LogP contribution in [0.3, 0.4) is 0 Å². The molecule has 1 N–H and O–H groups in total. The number of hydrogen-bond acceptors (Lipinski definition) is 5. The number of nitrogens with one attached hydrogen (secondary N) is 1. The largest absolute Gasteiger partial charge is 0.350 e. The van der Waals surface area contributed by atoms with Crippen LogP contribution in [0.15, 0.2) is 29.2 Å². The van der Waals surface area contributed by atoms with Gasteiger partial charge in [-0.2, -0.15) is 4.31 Å². The Morgan fingerprint density at radius 3 is 2.40 bits per heavy atom. The predicted octanol–water partition coefficient (Wildman–Crippen LogP) is 1.02. The summed E-state index contributed by atoms with van der Waals surface area (Å²) in [5.41, 5.74) is 0.380. The van der Waals surface area contributed by atoms with E-state index in [1.165, 1.54) is 31.3 Å². The highest BCUT2D eigenvalue weighted by Crippen LogP contribution is 2.23. The van der Waals surface area contributed by atoms with Crippen LogP contribution in [0.25, 0.3) is 0 Å². The highest BCUT2D eigenvalue weighted by atomic mass is 32.2. The molecule has 1 aromatic carbocycles. The van der Waals surface area contributed by atoms with E-state index in [2.05, 4.69) is 5.32 Å². The minimum Gasteiger partial charge on any atom is -0.350 e. The molecule has 1 aliphatic heterocycles. The molecule has 140 valence electrons. The first-order chi connectivity index (χ1) is 11.6. The molecule has 1 aliphatic rings. The topological polar surface area (TPSA) is 101 Å². The molecule has 2 atom stereocenters. The van der Waals surface area contributed by atoms with Crippen LogP contribution >= 0.6 is 0 Å². The molecule has 0 spiro atoms. The first kappa shape index (κ1) is 19.9. The van der Waals surface area contributed by atoms with Crippen LogP contribution in [0.2, 0.25) is 0 Å². The number of benzene rings is 1. The standard InChI is InChI=1S/C16H24N2O5S2/c1-4-12(2)17-16(19)13-5-7-15(8-6-13)25(22,23)18(3)14-9-10-24(20,21)11-14/h5-8,12,14H,4,9-11H2,1-3H3,(H,17,19). The Kier molecular flexibility index (Phi) is 5.90. The molecule has 25 heavy (non-hydrogen) atoms. The van der Waals surface area contributed by atoms with Crippen molar-refractivity contribution in [2.75, 3.05) is 18.6 Å². The summed E-state index contributed by atoms with van der Waals surface area (Å²) in [5.74, 6) is -0.404.